The van der Waals surface area contributed by atoms with Crippen molar-refractivity contribution in [3.63, 3.8) is 0 Å². The molecule has 0 aromatic heterocycles. The smallest absolute Gasteiger partial charge is 0.0354 e. The predicted molar refractivity (Wildman–Crippen MR) is 129 cm³/mol. The molecule has 28 heavy (non-hydrogen) atoms. The Balaban J connectivity index is 4.43. The van der Waals surface area contributed by atoms with Crippen molar-refractivity contribution < 1.29 is 0 Å². The molecule has 0 aromatic carbocycles. The Labute approximate surface area is 178 Å². The molecule has 0 aliphatic carbocycles. The van der Waals surface area contributed by atoms with E-state index in [2.05, 4.69) is 105 Å². The van der Waals surface area contributed by atoms with E-state index in [1.165, 1.54) is 36.8 Å². The largest absolute Gasteiger partial charge is 0.0996 e. The molecular weight excluding hydrogens is 336 g/mol. The van der Waals surface area contributed by atoms with Crippen molar-refractivity contribution in [1.82, 2.24) is 0 Å². The monoisotopic (exact) mass is 384 g/mol. The first-order valence-electron chi connectivity index (χ1n) is 11.5. The van der Waals surface area contributed by atoms with Crippen molar-refractivity contribution in [2.45, 2.75) is 94.9 Å². The fourth-order valence-electron chi connectivity index (χ4n) is 3.01. The van der Waals surface area contributed by atoms with Crippen LogP contribution in [0, 0.1) is 47.3 Å². The molecule has 5 atom stereocenters. The average molecular weight is 385 g/mol. The van der Waals surface area contributed by atoms with Crippen LogP contribution in [-0.2, 0) is 0 Å². The zero-order valence-electron chi connectivity index (χ0n) is 20.6. The van der Waals surface area contributed by atoms with Gasteiger partial charge in [-0.3, -0.25) is 0 Å². The van der Waals surface area contributed by atoms with Crippen molar-refractivity contribution in [3.8, 4) is 11.8 Å². The summed E-state index contributed by atoms with van der Waals surface area (Å²) in [6, 6.07) is 0. The standard InChI is InChI=1S/C28H48/c1-21(2)11-17-25(7)27(9)19-15-23(5)13-14-24(6)16-20-28(10)26(8)18-12-22(3)4/h11,15,17,19,22-24,26-28H,12,16,18,20H2,1-10H3/b19-15-,25-17+. The average Bonchev–Trinajstić information content (AvgIpc) is 2.64. The molecule has 0 aliphatic heterocycles. The SMILES string of the molecule is CC(C)=C/C=C(\C)C(C)/C=C\C(C)C#CC(C)CCC(C)C(C)CCC(C)C. The zero-order chi connectivity index (χ0) is 21.7. The maximum Gasteiger partial charge on any atom is 0.0354 e. The lowest BCUT2D eigenvalue weighted by molar-refractivity contribution is 0.308. The summed E-state index contributed by atoms with van der Waals surface area (Å²) in [6.07, 6.45) is 14.2. The summed E-state index contributed by atoms with van der Waals surface area (Å²) in [7, 11) is 0. The van der Waals surface area contributed by atoms with E-state index in [1.54, 1.807) is 0 Å². The summed E-state index contributed by atoms with van der Waals surface area (Å²) >= 11 is 0. The van der Waals surface area contributed by atoms with E-state index in [-0.39, 0.29) is 0 Å². The van der Waals surface area contributed by atoms with E-state index in [0.717, 1.165) is 17.8 Å². The van der Waals surface area contributed by atoms with Crippen LogP contribution in [0.2, 0.25) is 0 Å². The lowest BCUT2D eigenvalue weighted by Gasteiger charge is -2.21. The predicted octanol–water partition coefficient (Wildman–Crippen LogP) is 8.86. The molecule has 0 N–H and O–H groups in total. The number of hydrogen-bond donors (Lipinski definition) is 0. The highest BCUT2D eigenvalue weighted by Crippen LogP contribution is 2.25. The van der Waals surface area contributed by atoms with Crippen LogP contribution in [0.4, 0.5) is 0 Å². The van der Waals surface area contributed by atoms with Crippen LogP contribution < -0.4 is 0 Å². The van der Waals surface area contributed by atoms with Gasteiger partial charge in [0.25, 0.3) is 0 Å². The van der Waals surface area contributed by atoms with Crippen molar-refractivity contribution >= 4 is 0 Å². The summed E-state index contributed by atoms with van der Waals surface area (Å²) in [6.45, 7) is 22.7. The summed E-state index contributed by atoms with van der Waals surface area (Å²) in [5.74, 6) is 10.7. The Kier molecular flexibility index (Phi) is 14.1. The van der Waals surface area contributed by atoms with Gasteiger partial charge in [-0.15, -0.1) is 0 Å². The molecule has 0 spiro atoms. The number of rotatable bonds is 11. The Morgan fingerprint density at radius 1 is 0.679 bits per heavy atom. The van der Waals surface area contributed by atoms with Gasteiger partial charge in [0, 0.05) is 11.8 Å². The van der Waals surface area contributed by atoms with Crippen LogP contribution in [0.3, 0.4) is 0 Å². The van der Waals surface area contributed by atoms with Gasteiger partial charge >= 0.3 is 0 Å². The fourth-order valence-corrected chi connectivity index (χ4v) is 3.01. The molecule has 0 fully saturated rings. The summed E-state index contributed by atoms with van der Waals surface area (Å²) in [4.78, 5) is 0. The van der Waals surface area contributed by atoms with Crippen LogP contribution >= 0.6 is 0 Å². The zero-order valence-corrected chi connectivity index (χ0v) is 20.6. The fraction of sp³-hybridized carbons (Fsp3) is 0.714. The normalized spacial score (nSPS) is 17.6. The van der Waals surface area contributed by atoms with E-state index >= 15 is 0 Å². The van der Waals surface area contributed by atoms with Crippen LogP contribution in [0.1, 0.15) is 94.9 Å². The summed E-state index contributed by atoms with van der Waals surface area (Å²) < 4.78 is 0. The lowest BCUT2D eigenvalue weighted by atomic mass is 9.85. The van der Waals surface area contributed by atoms with Crippen LogP contribution in [0.5, 0.6) is 0 Å². The van der Waals surface area contributed by atoms with E-state index in [1.807, 2.05) is 0 Å². The second-order valence-electron chi connectivity index (χ2n) is 9.81. The van der Waals surface area contributed by atoms with Gasteiger partial charge in [0.1, 0.15) is 0 Å². The van der Waals surface area contributed by atoms with Gasteiger partial charge in [-0.05, 0) is 64.2 Å². The molecule has 0 bridgehead atoms. The number of hydrogen-bond acceptors (Lipinski definition) is 0. The highest BCUT2D eigenvalue weighted by atomic mass is 14.2. The Morgan fingerprint density at radius 3 is 1.79 bits per heavy atom. The molecule has 0 nitrogen and oxygen atoms in total. The molecule has 0 amide bonds. The third-order valence-electron chi connectivity index (χ3n) is 5.87. The van der Waals surface area contributed by atoms with Crippen molar-refractivity contribution in [3.05, 3.63) is 35.5 Å². The molecule has 0 heteroatoms. The third-order valence-corrected chi connectivity index (χ3v) is 5.87. The van der Waals surface area contributed by atoms with Crippen molar-refractivity contribution in [2.75, 3.05) is 0 Å². The second kappa shape index (κ2) is 14.7. The lowest BCUT2D eigenvalue weighted by Crippen LogP contribution is -2.10. The summed E-state index contributed by atoms with van der Waals surface area (Å²) in [5, 5.41) is 0. The molecule has 0 heterocycles. The van der Waals surface area contributed by atoms with Gasteiger partial charge in [-0.25, -0.2) is 0 Å². The first-order valence-corrected chi connectivity index (χ1v) is 11.5. The first-order chi connectivity index (χ1) is 13.0. The molecule has 160 valence electrons. The molecule has 0 radical (unpaired) electrons. The van der Waals surface area contributed by atoms with Gasteiger partial charge in [0.05, 0.1) is 0 Å². The Morgan fingerprint density at radius 2 is 1.25 bits per heavy atom. The van der Waals surface area contributed by atoms with E-state index in [0.29, 0.717) is 17.8 Å². The third kappa shape index (κ3) is 13.9. The molecule has 0 aromatic rings. The molecule has 5 unspecified atom stereocenters. The summed E-state index contributed by atoms with van der Waals surface area (Å²) in [5.41, 5.74) is 2.74. The van der Waals surface area contributed by atoms with Gasteiger partial charge < -0.3 is 0 Å². The minimum atomic E-state index is 0.323. The highest BCUT2D eigenvalue weighted by molar-refractivity contribution is 5.20. The van der Waals surface area contributed by atoms with E-state index in [4.69, 9.17) is 0 Å². The van der Waals surface area contributed by atoms with Crippen LogP contribution in [-0.4, -0.2) is 0 Å². The van der Waals surface area contributed by atoms with E-state index < -0.39 is 0 Å². The van der Waals surface area contributed by atoms with E-state index in [9.17, 15) is 0 Å². The molecule has 0 saturated carbocycles. The Bertz CT molecular complexity index is 557. The first kappa shape index (κ1) is 26.8. The quantitative estimate of drug-likeness (QED) is 0.189. The minimum absolute atomic E-state index is 0.323. The van der Waals surface area contributed by atoms with Crippen molar-refractivity contribution in [1.29, 1.82) is 0 Å². The molecule has 0 aliphatic rings. The topological polar surface area (TPSA) is 0 Å². The highest BCUT2D eigenvalue weighted by Gasteiger charge is 2.13. The number of allylic oxidation sites excluding steroid dienone is 6. The van der Waals surface area contributed by atoms with Crippen molar-refractivity contribution in [2.24, 2.45) is 35.5 Å². The second-order valence-corrected chi connectivity index (χ2v) is 9.81. The molecule has 0 rings (SSSR count). The van der Waals surface area contributed by atoms with Gasteiger partial charge in [-0.1, -0.05) is 102 Å². The maximum absolute atomic E-state index is 3.49. The van der Waals surface area contributed by atoms with Gasteiger partial charge in [0.15, 0.2) is 0 Å². The molecule has 0 saturated heterocycles. The molecular formula is C28H48. The van der Waals surface area contributed by atoms with Gasteiger partial charge in [0.2, 0.25) is 0 Å². The van der Waals surface area contributed by atoms with Gasteiger partial charge in [-0.2, -0.15) is 0 Å². The maximum atomic E-state index is 3.49. The minimum Gasteiger partial charge on any atom is -0.0996 e. The Hall–Kier alpha value is -1.22. The van der Waals surface area contributed by atoms with Crippen LogP contribution in [0.15, 0.2) is 35.5 Å². The van der Waals surface area contributed by atoms with Crippen LogP contribution in [0.25, 0.3) is 0 Å².